The number of nitrogens with zero attached hydrogens (tertiary/aromatic N) is 1. The van der Waals surface area contributed by atoms with E-state index in [1.54, 1.807) is 19.1 Å². The average Bonchev–Trinajstić information content (AvgIpc) is 2.02. The standard InChI is InChI=1S/C8H11ClN2O2S/c1-6(11-14(2,12)13)8-4-3-7(9)5-10-8/h3-6,11H,1-2H3/t6-/m0/s1. The molecular weight excluding hydrogens is 224 g/mol. The van der Waals surface area contributed by atoms with Gasteiger partial charge in [0.1, 0.15) is 0 Å². The molecule has 1 atom stereocenters. The molecule has 0 saturated carbocycles. The third kappa shape index (κ3) is 3.61. The number of rotatable bonds is 3. The summed E-state index contributed by atoms with van der Waals surface area (Å²) in [5.41, 5.74) is 0.639. The fraction of sp³-hybridized carbons (Fsp3) is 0.375. The maximum atomic E-state index is 10.9. The second-order valence-corrected chi connectivity index (χ2v) is 5.23. The molecule has 0 aromatic carbocycles. The Bertz CT molecular complexity index is 402. The first-order valence-corrected chi connectivity index (χ1v) is 6.24. The highest BCUT2D eigenvalue weighted by atomic mass is 35.5. The van der Waals surface area contributed by atoms with E-state index < -0.39 is 10.0 Å². The van der Waals surface area contributed by atoms with Crippen LogP contribution in [-0.4, -0.2) is 19.7 Å². The average molecular weight is 235 g/mol. The van der Waals surface area contributed by atoms with Crippen molar-refractivity contribution in [2.45, 2.75) is 13.0 Å². The predicted octanol–water partition coefficient (Wildman–Crippen LogP) is 1.35. The Balaban J connectivity index is 2.80. The van der Waals surface area contributed by atoms with Crippen LogP contribution in [0.25, 0.3) is 0 Å². The molecule has 0 radical (unpaired) electrons. The van der Waals surface area contributed by atoms with E-state index in [9.17, 15) is 8.42 Å². The Labute approximate surface area is 88.4 Å². The Hall–Kier alpha value is -0.650. The minimum Gasteiger partial charge on any atom is -0.258 e. The van der Waals surface area contributed by atoms with E-state index in [0.717, 1.165) is 6.26 Å². The largest absolute Gasteiger partial charge is 0.258 e. The molecule has 4 nitrogen and oxygen atoms in total. The van der Waals surface area contributed by atoms with Gasteiger partial charge in [0.2, 0.25) is 10.0 Å². The summed E-state index contributed by atoms with van der Waals surface area (Å²) in [5, 5.41) is 0.528. The molecule has 0 bridgehead atoms. The van der Waals surface area contributed by atoms with Crippen molar-refractivity contribution in [3.8, 4) is 0 Å². The second-order valence-electron chi connectivity index (χ2n) is 3.01. The van der Waals surface area contributed by atoms with Crippen LogP contribution >= 0.6 is 11.6 Å². The van der Waals surface area contributed by atoms with Gasteiger partial charge in [0.25, 0.3) is 0 Å². The second kappa shape index (κ2) is 4.25. The smallest absolute Gasteiger partial charge is 0.209 e. The van der Waals surface area contributed by atoms with Crippen molar-refractivity contribution in [3.05, 3.63) is 29.0 Å². The van der Waals surface area contributed by atoms with Crippen molar-refractivity contribution < 1.29 is 8.42 Å². The van der Waals surface area contributed by atoms with Crippen LogP contribution in [0.1, 0.15) is 18.7 Å². The van der Waals surface area contributed by atoms with E-state index in [0.29, 0.717) is 10.7 Å². The van der Waals surface area contributed by atoms with E-state index >= 15 is 0 Å². The molecule has 1 rings (SSSR count). The summed E-state index contributed by atoms with van der Waals surface area (Å²) in [4.78, 5) is 4.00. The quantitative estimate of drug-likeness (QED) is 0.859. The van der Waals surface area contributed by atoms with Gasteiger partial charge in [0, 0.05) is 6.20 Å². The first-order valence-electron chi connectivity index (χ1n) is 3.97. The van der Waals surface area contributed by atoms with E-state index in [4.69, 9.17) is 11.6 Å². The molecular formula is C8H11ClN2O2S. The fourth-order valence-corrected chi connectivity index (χ4v) is 1.90. The highest BCUT2D eigenvalue weighted by molar-refractivity contribution is 7.88. The molecule has 0 aliphatic carbocycles. The molecule has 0 spiro atoms. The van der Waals surface area contributed by atoms with Gasteiger partial charge in [0.05, 0.1) is 23.0 Å². The van der Waals surface area contributed by atoms with Crippen molar-refractivity contribution in [1.29, 1.82) is 0 Å². The summed E-state index contributed by atoms with van der Waals surface area (Å²) in [7, 11) is -3.20. The van der Waals surface area contributed by atoms with Gasteiger partial charge in [-0.3, -0.25) is 4.98 Å². The molecule has 1 heterocycles. The fourth-order valence-electron chi connectivity index (χ4n) is 1.02. The first kappa shape index (κ1) is 11.4. The molecule has 1 aromatic heterocycles. The number of nitrogens with one attached hydrogen (secondary N) is 1. The van der Waals surface area contributed by atoms with Gasteiger partial charge >= 0.3 is 0 Å². The Morgan fingerprint density at radius 1 is 1.50 bits per heavy atom. The monoisotopic (exact) mass is 234 g/mol. The number of sulfonamides is 1. The third-order valence-corrected chi connectivity index (χ3v) is 2.59. The van der Waals surface area contributed by atoms with Crippen LogP contribution in [0.4, 0.5) is 0 Å². The molecule has 0 amide bonds. The molecule has 0 saturated heterocycles. The maximum Gasteiger partial charge on any atom is 0.209 e. The number of halogens is 1. The topological polar surface area (TPSA) is 59.1 Å². The molecule has 78 valence electrons. The zero-order valence-corrected chi connectivity index (χ0v) is 9.43. The van der Waals surface area contributed by atoms with Gasteiger partial charge in [-0.1, -0.05) is 11.6 Å². The zero-order chi connectivity index (χ0) is 10.8. The highest BCUT2D eigenvalue weighted by Crippen LogP contribution is 2.12. The van der Waals surface area contributed by atoms with Gasteiger partial charge in [-0.15, -0.1) is 0 Å². The summed E-state index contributed by atoms with van der Waals surface area (Å²) in [6.07, 6.45) is 2.59. The van der Waals surface area contributed by atoms with Gasteiger partial charge in [-0.2, -0.15) is 0 Å². The summed E-state index contributed by atoms with van der Waals surface area (Å²) in [6.45, 7) is 1.72. The van der Waals surface area contributed by atoms with Crippen LogP contribution in [0.3, 0.4) is 0 Å². The summed E-state index contributed by atoms with van der Waals surface area (Å²) in [5.74, 6) is 0. The number of hydrogen-bond donors (Lipinski definition) is 1. The molecule has 1 aromatic rings. The van der Waals surface area contributed by atoms with Crippen LogP contribution in [0, 0.1) is 0 Å². The SMILES string of the molecule is C[C@H](NS(C)(=O)=O)c1ccc(Cl)cn1. The Morgan fingerprint density at radius 3 is 2.57 bits per heavy atom. The van der Waals surface area contributed by atoms with Crippen LogP contribution in [0.15, 0.2) is 18.3 Å². The Kier molecular flexibility index (Phi) is 3.47. The lowest BCUT2D eigenvalue weighted by atomic mass is 10.2. The van der Waals surface area contributed by atoms with Gasteiger partial charge in [-0.25, -0.2) is 13.1 Å². The van der Waals surface area contributed by atoms with Gasteiger partial charge in [-0.05, 0) is 19.1 Å². The zero-order valence-electron chi connectivity index (χ0n) is 7.86. The molecule has 14 heavy (non-hydrogen) atoms. The van der Waals surface area contributed by atoms with E-state index in [1.165, 1.54) is 6.20 Å². The van der Waals surface area contributed by atoms with Crippen LogP contribution in [0.5, 0.6) is 0 Å². The summed E-state index contributed by atoms with van der Waals surface area (Å²) < 4.78 is 24.3. The minimum absolute atomic E-state index is 0.345. The summed E-state index contributed by atoms with van der Waals surface area (Å²) >= 11 is 5.65. The molecule has 6 heteroatoms. The van der Waals surface area contributed by atoms with Crippen molar-refractivity contribution >= 4 is 21.6 Å². The molecule has 0 fully saturated rings. The lowest BCUT2D eigenvalue weighted by molar-refractivity contribution is 0.570. The highest BCUT2D eigenvalue weighted by Gasteiger charge is 2.11. The minimum atomic E-state index is -3.20. The molecule has 0 aliphatic rings. The Morgan fingerprint density at radius 2 is 2.14 bits per heavy atom. The number of pyridine rings is 1. The lowest BCUT2D eigenvalue weighted by Crippen LogP contribution is -2.25. The van der Waals surface area contributed by atoms with Crippen molar-refractivity contribution in [2.75, 3.05) is 6.26 Å². The predicted molar refractivity (Wildman–Crippen MR) is 55.6 cm³/mol. The maximum absolute atomic E-state index is 10.9. The van der Waals surface area contributed by atoms with E-state index in [1.807, 2.05) is 0 Å². The molecule has 0 aliphatic heterocycles. The van der Waals surface area contributed by atoms with Gasteiger partial charge in [0.15, 0.2) is 0 Å². The lowest BCUT2D eigenvalue weighted by Gasteiger charge is -2.10. The van der Waals surface area contributed by atoms with Crippen LogP contribution in [-0.2, 0) is 10.0 Å². The molecule has 1 N–H and O–H groups in total. The summed E-state index contributed by atoms with van der Waals surface area (Å²) in [6, 6.07) is 3.01. The normalized spacial score (nSPS) is 13.9. The van der Waals surface area contributed by atoms with Crippen molar-refractivity contribution in [3.63, 3.8) is 0 Å². The third-order valence-electron chi connectivity index (χ3n) is 1.58. The van der Waals surface area contributed by atoms with Crippen LogP contribution in [0.2, 0.25) is 5.02 Å². The van der Waals surface area contributed by atoms with E-state index in [-0.39, 0.29) is 6.04 Å². The number of aromatic nitrogens is 1. The van der Waals surface area contributed by atoms with Gasteiger partial charge < -0.3 is 0 Å². The number of hydrogen-bond acceptors (Lipinski definition) is 3. The van der Waals surface area contributed by atoms with Crippen molar-refractivity contribution in [1.82, 2.24) is 9.71 Å². The first-order chi connectivity index (χ1) is 6.38. The molecule has 0 unspecified atom stereocenters. The van der Waals surface area contributed by atoms with E-state index in [2.05, 4.69) is 9.71 Å². The van der Waals surface area contributed by atoms with Crippen molar-refractivity contribution in [2.24, 2.45) is 0 Å². The van der Waals surface area contributed by atoms with Crippen LogP contribution < -0.4 is 4.72 Å².